The Morgan fingerprint density at radius 2 is 2.05 bits per heavy atom. The van der Waals surface area contributed by atoms with Gasteiger partial charge in [0.25, 0.3) is 11.6 Å². The number of nitrogens with one attached hydrogen (secondary N) is 1. The first kappa shape index (κ1) is 16.4. The molecule has 0 atom stereocenters. The second-order valence-electron chi connectivity index (χ2n) is 4.83. The Morgan fingerprint density at radius 3 is 2.57 bits per heavy atom. The van der Waals surface area contributed by atoms with Crippen molar-refractivity contribution in [3.8, 4) is 0 Å². The monoisotopic (exact) mass is 295 g/mol. The summed E-state index contributed by atoms with van der Waals surface area (Å²) in [5.74, 6) is -1.29. The van der Waals surface area contributed by atoms with Gasteiger partial charge in [0, 0.05) is 17.8 Å². The van der Waals surface area contributed by atoms with E-state index in [0.717, 1.165) is 6.07 Å². The molecule has 0 aliphatic rings. The fourth-order valence-electron chi connectivity index (χ4n) is 1.57. The Kier molecular flexibility index (Phi) is 4.85. The number of benzene rings is 1. The molecule has 0 aliphatic carbocycles. The van der Waals surface area contributed by atoms with Crippen molar-refractivity contribution < 1.29 is 19.2 Å². The minimum absolute atomic E-state index is 0.0680. The number of amides is 1. The fraction of sp³-hybridized carbons (Fsp3) is 0.385. The first-order valence-electron chi connectivity index (χ1n) is 6.22. The molecule has 1 amide bonds. The Hall–Kier alpha value is -2.64. The van der Waals surface area contributed by atoms with Gasteiger partial charge in [-0.05, 0) is 26.8 Å². The molecule has 0 fully saturated rings. The normalized spacial score (nSPS) is 10.8. The number of nitrogens with two attached hydrogens (primary N) is 1. The smallest absolute Gasteiger partial charge is 0.331 e. The summed E-state index contributed by atoms with van der Waals surface area (Å²) in [6.45, 7) is 4.76. The van der Waals surface area contributed by atoms with E-state index in [-0.39, 0.29) is 23.5 Å². The van der Waals surface area contributed by atoms with Crippen molar-refractivity contribution in [3.05, 3.63) is 33.9 Å². The number of nitro benzene ring substituents is 1. The van der Waals surface area contributed by atoms with E-state index in [1.807, 2.05) is 0 Å². The molecule has 0 radical (unpaired) electrons. The van der Waals surface area contributed by atoms with Crippen LogP contribution in [0.2, 0.25) is 0 Å². The van der Waals surface area contributed by atoms with E-state index < -0.39 is 22.3 Å². The maximum atomic E-state index is 12.1. The molecule has 0 aliphatic heterocycles. The highest BCUT2D eigenvalue weighted by atomic mass is 16.6. The van der Waals surface area contributed by atoms with E-state index >= 15 is 0 Å². The quantitative estimate of drug-likeness (QED) is 0.364. The van der Waals surface area contributed by atoms with E-state index in [2.05, 4.69) is 5.32 Å². The SMILES string of the molecule is CCOC(=O)C(C)(C)NC(=O)c1cc([N+](=O)[O-])ccc1N. The Morgan fingerprint density at radius 1 is 1.43 bits per heavy atom. The fourth-order valence-corrected chi connectivity index (χ4v) is 1.57. The Labute approximate surface area is 121 Å². The molecule has 0 spiro atoms. The molecule has 0 saturated heterocycles. The van der Waals surface area contributed by atoms with Gasteiger partial charge < -0.3 is 15.8 Å². The minimum Gasteiger partial charge on any atom is -0.464 e. The third-order valence-corrected chi connectivity index (χ3v) is 2.70. The third kappa shape index (κ3) is 3.91. The van der Waals surface area contributed by atoms with Gasteiger partial charge in [-0.1, -0.05) is 0 Å². The molecule has 1 rings (SSSR count). The van der Waals surface area contributed by atoms with Crippen molar-refractivity contribution in [3.63, 3.8) is 0 Å². The Balaban J connectivity index is 3.01. The highest BCUT2D eigenvalue weighted by Crippen LogP contribution is 2.20. The zero-order chi connectivity index (χ0) is 16.2. The lowest BCUT2D eigenvalue weighted by molar-refractivity contribution is -0.384. The van der Waals surface area contributed by atoms with Crippen LogP contribution in [0.15, 0.2) is 18.2 Å². The van der Waals surface area contributed by atoms with Gasteiger partial charge in [0.15, 0.2) is 0 Å². The van der Waals surface area contributed by atoms with Crippen molar-refractivity contribution in [1.82, 2.24) is 5.32 Å². The maximum Gasteiger partial charge on any atom is 0.331 e. The molecule has 0 unspecified atom stereocenters. The number of nitro groups is 1. The topological polar surface area (TPSA) is 125 Å². The highest BCUT2D eigenvalue weighted by Gasteiger charge is 2.32. The molecule has 0 saturated carbocycles. The van der Waals surface area contributed by atoms with Crippen LogP contribution >= 0.6 is 0 Å². The van der Waals surface area contributed by atoms with Gasteiger partial charge in [0.1, 0.15) is 5.54 Å². The van der Waals surface area contributed by atoms with Gasteiger partial charge in [-0.15, -0.1) is 0 Å². The standard InChI is InChI=1S/C13H17N3O5/c1-4-21-12(18)13(2,3)15-11(17)9-7-8(16(19)20)5-6-10(9)14/h5-7H,4,14H2,1-3H3,(H,15,17). The number of rotatable bonds is 5. The summed E-state index contributed by atoms with van der Waals surface area (Å²) < 4.78 is 4.84. The molecule has 114 valence electrons. The first-order valence-corrected chi connectivity index (χ1v) is 6.22. The second kappa shape index (κ2) is 6.21. The lowest BCUT2D eigenvalue weighted by Crippen LogP contribution is -2.50. The van der Waals surface area contributed by atoms with Crippen molar-refractivity contribution in [2.75, 3.05) is 12.3 Å². The van der Waals surface area contributed by atoms with Crippen LogP contribution in [0, 0.1) is 10.1 Å². The van der Waals surface area contributed by atoms with E-state index in [9.17, 15) is 19.7 Å². The van der Waals surface area contributed by atoms with Crippen LogP contribution in [0.4, 0.5) is 11.4 Å². The van der Waals surface area contributed by atoms with Crippen molar-refractivity contribution in [1.29, 1.82) is 0 Å². The molecular weight excluding hydrogens is 278 g/mol. The highest BCUT2D eigenvalue weighted by molar-refractivity contribution is 6.02. The van der Waals surface area contributed by atoms with Crippen LogP contribution in [-0.4, -0.2) is 28.9 Å². The first-order chi connectivity index (χ1) is 9.69. The maximum absolute atomic E-state index is 12.1. The molecule has 1 aromatic carbocycles. The predicted molar refractivity (Wildman–Crippen MR) is 75.7 cm³/mol. The van der Waals surface area contributed by atoms with Crippen molar-refractivity contribution in [2.24, 2.45) is 0 Å². The number of anilines is 1. The lowest BCUT2D eigenvalue weighted by atomic mass is 10.0. The molecule has 3 N–H and O–H groups in total. The number of hydrogen-bond acceptors (Lipinski definition) is 6. The lowest BCUT2D eigenvalue weighted by Gasteiger charge is -2.24. The van der Waals surface area contributed by atoms with Gasteiger partial charge in [-0.25, -0.2) is 4.79 Å². The third-order valence-electron chi connectivity index (χ3n) is 2.70. The average Bonchev–Trinajstić information content (AvgIpc) is 2.38. The molecule has 8 heteroatoms. The average molecular weight is 295 g/mol. The summed E-state index contributed by atoms with van der Waals surface area (Å²) in [4.78, 5) is 34.0. The molecule has 21 heavy (non-hydrogen) atoms. The number of non-ortho nitro benzene ring substituents is 1. The summed E-state index contributed by atoms with van der Waals surface area (Å²) in [7, 11) is 0. The number of nitrogens with zero attached hydrogens (tertiary/aromatic N) is 1. The molecule has 0 heterocycles. The summed E-state index contributed by atoms with van der Waals surface area (Å²) in [6, 6.07) is 3.53. The van der Waals surface area contributed by atoms with Gasteiger partial charge in [-0.3, -0.25) is 14.9 Å². The number of esters is 1. The summed E-state index contributed by atoms with van der Waals surface area (Å²) >= 11 is 0. The van der Waals surface area contributed by atoms with Crippen molar-refractivity contribution >= 4 is 23.3 Å². The van der Waals surface area contributed by atoms with Crippen LogP contribution in [0.5, 0.6) is 0 Å². The Bertz CT molecular complexity index is 583. The summed E-state index contributed by atoms with van der Waals surface area (Å²) in [5, 5.41) is 13.2. The molecular formula is C13H17N3O5. The van der Waals surface area contributed by atoms with E-state index in [1.165, 1.54) is 26.0 Å². The van der Waals surface area contributed by atoms with Crippen LogP contribution in [0.25, 0.3) is 0 Å². The van der Waals surface area contributed by atoms with Crippen LogP contribution in [-0.2, 0) is 9.53 Å². The number of hydrogen-bond donors (Lipinski definition) is 2. The molecule has 8 nitrogen and oxygen atoms in total. The largest absolute Gasteiger partial charge is 0.464 e. The predicted octanol–water partition coefficient (Wildman–Crippen LogP) is 1.25. The zero-order valence-electron chi connectivity index (χ0n) is 12.0. The number of carbonyl (C=O) groups is 2. The van der Waals surface area contributed by atoms with Gasteiger partial charge in [-0.2, -0.15) is 0 Å². The van der Waals surface area contributed by atoms with Crippen LogP contribution in [0.3, 0.4) is 0 Å². The van der Waals surface area contributed by atoms with Gasteiger partial charge in [0.05, 0.1) is 17.1 Å². The number of carbonyl (C=O) groups excluding carboxylic acids is 2. The number of nitrogen functional groups attached to an aromatic ring is 1. The molecule has 1 aromatic rings. The number of ether oxygens (including phenoxy) is 1. The summed E-state index contributed by atoms with van der Waals surface area (Å²) in [6.07, 6.45) is 0. The van der Waals surface area contributed by atoms with E-state index in [1.54, 1.807) is 6.92 Å². The van der Waals surface area contributed by atoms with Crippen LogP contribution < -0.4 is 11.1 Å². The van der Waals surface area contributed by atoms with E-state index in [0.29, 0.717) is 0 Å². The molecule has 0 bridgehead atoms. The van der Waals surface area contributed by atoms with Crippen LogP contribution in [0.1, 0.15) is 31.1 Å². The second-order valence-corrected chi connectivity index (χ2v) is 4.83. The zero-order valence-corrected chi connectivity index (χ0v) is 12.0. The minimum atomic E-state index is -1.27. The summed E-state index contributed by atoms with van der Waals surface area (Å²) in [5.41, 5.74) is 4.12. The van der Waals surface area contributed by atoms with Crippen molar-refractivity contribution in [2.45, 2.75) is 26.3 Å². The van der Waals surface area contributed by atoms with Gasteiger partial charge >= 0.3 is 5.97 Å². The van der Waals surface area contributed by atoms with E-state index in [4.69, 9.17) is 10.5 Å². The molecule has 0 aromatic heterocycles. The van der Waals surface area contributed by atoms with Gasteiger partial charge in [0.2, 0.25) is 0 Å².